The predicted octanol–water partition coefficient (Wildman–Crippen LogP) is 4.30. The monoisotopic (exact) mass is 313 g/mol. The quantitative estimate of drug-likeness (QED) is 0.825. The molecule has 0 aromatic heterocycles. The van der Waals surface area contributed by atoms with Crippen molar-refractivity contribution in [1.29, 1.82) is 0 Å². The van der Waals surface area contributed by atoms with Gasteiger partial charge >= 0.3 is 0 Å². The Balaban J connectivity index is 2.07. The first-order chi connectivity index (χ1) is 8.53. The smallest absolute Gasteiger partial charge is 0.124 e. The summed E-state index contributed by atoms with van der Waals surface area (Å²) < 4.78 is 14.2. The highest BCUT2D eigenvalue weighted by Crippen LogP contribution is 2.49. The fourth-order valence-corrected chi connectivity index (χ4v) is 2.91. The normalized spacial score (nSPS) is 18.7. The molecular weight excluding hydrogens is 293 g/mol. The van der Waals surface area contributed by atoms with Crippen LogP contribution in [-0.4, -0.2) is 12.6 Å². The lowest BCUT2D eigenvalue weighted by Gasteiger charge is -2.25. The summed E-state index contributed by atoms with van der Waals surface area (Å²) >= 11 is 3.36. The van der Waals surface area contributed by atoms with Gasteiger partial charge < -0.3 is 5.32 Å². The van der Waals surface area contributed by atoms with Gasteiger partial charge in [0.05, 0.1) is 0 Å². The molecule has 100 valence electrons. The number of halogens is 2. The Hall–Kier alpha value is -0.410. The molecule has 1 aromatic carbocycles. The van der Waals surface area contributed by atoms with Crippen LogP contribution in [0.5, 0.6) is 0 Å². The molecule has 0 heterocycles. The Labute approximate surface area is 117 Å². The lowest BCUT2D eigenvalue weighted by atomic mass is 9.92. The van der Waals surface area contributed by atoms with Crippen LogP contribution >= 0.6 is 15.9 Å². The number of benzene rings is 1. The summed E-state index contributed by atoms with van der Waals surface area (Å²) in [6.45, 7) is 5.55. The zero-order valence-electron chi connectivity index (χ0n) is 11.1. The Morgan fingerprint density at radius 1 is 1.39 bits per heavy atom. The second-order valence-corrected chi connectivity index (χ2v) is 6.56. The van der Waals surface area contributed by atoms with Gasteiger partial charge in [-0.2, -0.15) is 0 Å². The lowest BCUT2D eigenvalue weighted by molar-refractivity contribution is 0.354. The average Bonchev–Trinajstić information content (AvgIpc) is 3.02. The van der Waals surface area contributed by atoms with Gasteiger partial charge in [-0.25, -0.2) is 4.39 Å². The lowest BCUT2D eigenvalue weighted by Crippen LogP contribution is -2.38. The summed E-state index contributed by atoms with van der Waals surface area (Å²) in [4.78, 5) is 0. The molecular formula is C15H21BrFN. The molecule has 1 N–H and O–H groups in total. The highest BCUT2D eigenvalue weighted by molar-refractivity contribution is 9.10. The maximum absolute atomic E-state index is 13.4. The second kappa shape index (κ2) is 5.70. The van der Waals surface area contributed by atoms with Crippen LogP contribution in [0.25, 0.3) is 0 Å². The van der Waals surface area contributed by atoms with E-state index >= 15 is 0 Å². The van der Waals surface area contributed by atoms with E-state index in [0.717, 1.165) is 29.4 Å². The van der Waals surface area contributed by atoms with Crippen LogP contribution in [-0.2, 0) is 6.42 Å². The molecule has 18 heavy (non-hydrogen) atoms. The van der Waals surface area contributed by atoms with Gasteiger partial charge in [0.25, 0.3) is 0 Å². The number of rotatable bonds is 6. The largest absolute Gasteiger partial charge is 0.313 e. The molecule has 0 amide bonds. The van der Waals surface area contributed by atoms with E-state index in [9.17, 15) is 4.39 Å². The second-order valence-electron chi connectivity index (χ2n) is 5.64. The van der Waals surface area contributed by atoms with E-state index in [4.69, 9.17) is 0 Å². The topological polar surface area (TPSA) is 12.0 Å². The van der Waals surface area contributed by atoms with Crippen molar-refractivity contribution in [2.45, 2.75) is 45.6 Å². The molecule has 1 nitrogen and oxygen atoms in total. The molecule has 0 aliphatic heterocycles. The van der Waals surface area contributed by atoms with Crippen molar-refractivity contribution in [3.63, 3.8) is 0 Å². The molecule has 1 aliphatic rings. The highest BCUT2D eigenvalue weighted by atomic mass is 79.9. The first-order valence-corrected chi connectivity index (χ1v) is 7.51. The van der Waals surface area contributed by atoms with Gasteiger partial charge in [-0.3, -0.25) is 0 Å². The van der Waals surface area contributed by atoms with E-state index in [1.165, 1.54) is 18.9 Å². The third-order valence-electron chi connectivity index (χ3n) is 3.88. The maximum Gasteiger partial charge on any atom is 0.124 e. The van der Waals surface area contributed by atoms with Crippen molar-refractivity contribution in [1.82, 2.24) is 5.32 Å². The van der Waals surface area contributed by atoms with E-state index in [2.05, 4.69) is 35.1 Å². The third-order valence-corrected chi connectivity index (χ3v) is 4.34. The molecule has 0 spiro atoms. The SMILES string of the molecule is CCCNC(Cc1cc(F)cc(Br)c1)C1(C)CC1. The van der Waals surface area contributed by atoms with Crippen LogP contribution in [0.4, 0.5) is 4.39 Å². The van der Waals surface area contributed by atoms with E-state index in [1.54, 1.807) is 6.07 Å². The molecule has 2 rings (SSSR count). The number of hydrogen-bond donors (Lipinski definition) is 1. The summed E-state index contributed by atoms with van der Waals surface area (Å²) in [7, 11) is 0. The Bertz CT molecular complexity index is 395. The van der Waals surface area contributed by atoms with Crippen molar-refractivity contribution in [2.24, 2.45) is 5.41 Å². The van der Waals surface area contributed by atoms with Crippen LogP contribution < -0.4 is 5.32 Å². The van der Waals surface area contributed by atoms with Crippen molar-refractivity contribution < 1.29 is 4.39 Å². The van der Waals surface area contributed by atoms with E-state index in [1.807, 2.05) is 6.07 Å². The molecule has 0 radical (unpaired) electrons. The predicted molar refractivity (Wildman–Crippen MR) is 77.2 cm³/mol. The molecule has 1 saturated carbocycles. The summed E-state index contributed by atoms with van der Waals surface area (Å²) in [5.41, 5.74) is 1.48. The Morgan fingerprint density at radius 3 is 2.67 bits per heavy atom. The van der Waals surface area contributed by atoms with Crippen molar-refractivity contribution >= 4 is 15.9 Å². The van der Waals surface area contributed by atoms with E-state index in [0.29, 0.717) is 11.5 Å². The molecule has 1 fully saturated rings. The van der Waals surface area contributed by atoms with Crippen molar-refractivity contribution in [3.8, 4) is 0 Å². The van der Waals surface area contributed by atoms with Gasteiger partial charge in [0.1, 0.15) is 5.82 Å². The van der Waals surface area contributed by atoms with Crippen LogP contribution in [0.1, 0.15) is 38.7 Å². The molecule has 0 bridgehead atoms. The van der Waals surface area contributed by atoms with Gasteiger partial charge in [-0.15, -0.1) is 0 Å². The molecule has 1 aromatic rings. The van der Waals surface area contributed by atoms with Crippen LogP contribution in [0, 0.1) is 11.2 Å². The molecule has 1 aliphatic carbocycles. The van der Waals surface area contributed by atoms with Crippen molar-refractivity contribution in [3.05, 3.63) is 34.1 Å². The van der Waals surface area contributed by atoms with Gasteiger partial charge in [0, 0.05) is 10.5 Å². The Morgan fingerprint density at radius 2 is 2.11 bits per heavy atom. The van der Waals surface area contributed by atoms with Crippen molar-refractivity contribution in [2.75, 3.05) is 6.54 Å². The van der Waals surface area contributed by atoms with Crippen LogP contribution in [0.3, 0.4) is 0 Å². The molecule has 1 atom stereocenters. The summed E-state index contributed by atoms with van der Waals surface area (Å²) in [5.74, 6) is -0.158. The first kappa shape index (κ1) is 14.0. The minimum absolute atomic E-state index is 0.158. The Kier molecular flexibility index (Phi) is 4.44. The third kappa shape index (κ3) is 3.55. The van der Waals surface area contributed by atoms with Gasteiger partial charge in [0.2, 0.25) is 0 Å². The average molecular weight is 314 g/mol. The van der Waals surface area contributed by atoms with Gasteiger partial charge in [-0.05, 0) is 61.4 Å². The van der Waals surface area contributed by atoms with Crippen LogP contribution in [0.2, 0.25) is 0 Å². The van der Waals surface area contributed by atoms with Crippen LogP contribution in [0.15, 0.2) is 22.7 Å². The van der Waals surface area contributed by atoms with Gasteiger partial charge in [-0.1, -0.05) is 29.8 Å². The summed E-state index contributed by atoms with van der Waals surface area (Å²) in [6.07, 6.45) is 4.61. The summed E-state index contributed by atoms with van der Waals surface area (Å²) in [5, 5.41) is 3.62. The molecule has 3 heteroatoms. The summed E-state index contributed by atoms with van der Waals surface area (Å²) in [6, 6.07) is 5.65. The fourth-order valence-electron chi connectivity index (χ4n) is 2.39. The zero-order chi connectivity index (χ0) is 13.2. The van der Waals surface area contributed by atoms with E-state index < -0.39 is 0 Å². The minimum Gasteiger partial charge on any atom is -0.313 e. The zero-order valence-corrected chi connectivity index (χ0v) is 12.7. The standard InChI is InChI=1S/C15H21BrFN/c1-3-6-18-14(15(2)4-5-15)9-11-7-12(16)10-13(17)8-11/h7-8,10,14,18H,3-6,9H2,1-2H3. The van der Waals surface area contributed by atoms with E-state index in [-0.39, 0.29) is 5.82 Å². The minimum atomic E-state index is -0.158. The number of hydrogen-bond acceptors (Lipinski definition) is 1. The molecule has 0 saturated heterocycles. The van der Waals surface area contributed by atoms with Gasteiger partial charge in [0.15, 0.2) is 0 Å². The molecule has 1 unspecified atom stereocenters. The maximum atomic E-state index is 13.4. The highest BCUT2D eigenvalue weighted by Gasteiger charge is 2.44. The fraction of sp³-hybridized carbons (Fsp3) is 0.600. The first-order valence-electron chi connectivity index (χ1n) is 6.72. The number of nitrogens with one attached hydrogen (secondary N) is 1.